The van der Waals surface area contributed by atoms with E-state index in [0.717, 1.165) is 11.1 Å². The quantitative estimate of drug-likeness (QED) is 0.310. The molecule has 0 saturated carbocycles. The number of aromatic nitrogens is 2. The number of nitrogens with zero attached hydrogens (tertiary/aromatic N) is 2. The van der Waals surface area contributed by atoms with E-state index in [1.54, 1.807) is 12.1 Å². The van der Waals surface area contributed by atoms with E-state index in [4.69, 9.17) is 22.8 Å². The molecule has 0 aliphatic heterocycles. The number of aryl methyl sites for hydroxylation is 1. The van der Waals surface area contributed by atoms with E-state index in [0.29, 0.717) is 23.1 Å². The number of hydrogen-bond acceptors (Lipinski definition) is 5. The van der Waals surface area contributed by atoms with Crippen molar-refractivity contribution in [3.8, 4) is 18.1 Å². The van der Waals surface area contributed by atoms with Crippen LogP contribution in [0.4, 0.5) is 11.6 Å². The van der Waals surface area contributed by atoms with Crippen LogP contribution >= 0.6 is 11.6 Å². The molecule has 0 aliphatic rings. The Labute approximate surface area is 220 Å². The summed E-state index contributed by atoms with van der Waals surface area (Å²) in [5.74, 6) is 2.72. The van der Waals surface area contributed by atoms with Gasteiger partial charge in [-0.3, -0.25) is 14.2 Å². The summed E-state index contributed by atoms with van der Waals surface area (Å²) >= 11 is 6.00. The van der Waals surface area contributed by atoms with Gasteiger partial charge in [0.15, 0.2) is 0 Å². The number of carbonyl (C=O) groups excluding carboxylic acids is 1. The van der Waals surface area contributed by atoms with Crippen molar-refractivity contribution in [1.82, 2.24) is 14.9 Å². The molecule has 0 saturated heterocycles. The number of nitrogens with one attached hydrogen (secondary N) is 2. The number of anilines is 2. The van der Waals surface area contributed by atoms with Crippen molar-refractivity contribution in [3.05, 3.63) is 117 Å². The third kappa shape index (κ3) is 6.78. The van der Waals surface area contributed by atoms with E-state index >= 15 is 0 Å². The molecule has 0 aliphatic carbocycles. The summed E-state index contributed by atoms with van der Waals surface area (Å²) in [4.78, 5) is 30.1. The summed E-state index contributed by atoms with van der Waals surface area (Å²) in [5.41, 5.74) is 3.19. The van der Waals surface area contributed by atoms with Crippen LogP contribution in [-0.4, -0.2) is 22.0 Å². The van der Waals surface area contributed by atoms with Crippen molar-refractivity contribution >= 4 is 29.1 Å². The molecule has 1 aromatic heterocycles. The fraction of sp³-hybridized carbons (Fsp3) is 0.138. The highest BCUT2D eigenvalue weighted by Crippen LogP contribution is 2.21. The summed E-state index contributed by atoms with van der Waals surface area (Å²) in [6.45, 7) is 2.69. The molecule has 0 spiro atoms. The van der Waals surface area contributed by atoms with Crippen LogP contribution in [0.5, 0.6) is 5.75 Å². The van der Waals surface area contributed by atoms with E-state index in [-0.39, 0.29) is 24.6 Å². The van der Waals surface area contributed by atoms with Crippen molar-refractivity contribution in [3.63, 3.8) is 0 Å². The second-order valence-electron chi connectivity index (χ2n) is 8.32. The first kappa shape index (κ1) is 25.5. The molecule has 7 nitrogen and oxygen atoms in total. The zero-order valence-electron chi connectivity index (χ0n) is 20.2. The predicted octanol–water partition coefficient (Wildman–Crippen LogP) is 4.94. The van der Waals surface area contributed by atoms with Gasteiger partial charge in [-0.1, -0.05) is 59.5 Å². The molecule has 0 radical (unpaired) electrons. The normalized spacial score (nSPS) is 10.4. The van der Waals surface area contributed by atoms with Crippen LogP contribution in [0.2, 0.25) is 5.02 Å². The minimum Gasteiger partial charge on any atom is -0.489 e. The first-order chi connectivity index (χ1) is 17.9. The first-order valence-electron chi connectivity index (χ1n) is 11.5. The second-order valence-corrected chi connectivity index (χ2v) is 8.76. The molecular weight excluding hydrogens is 488 g/mol. The number of rotatable bonds is 9. The van der Waals surface area contributed by atoms with Crippen LogP contribution in [0.25, 0.3) is 0 Å². The molecule has 4 rings (SSSR count). The Hall–Kier alpha value is -4.54. The van der Waals surface area contributed by atoms with Crippen LogP contribution < -0.4 is 20.9 Å². The van der Waals surface area contributed by atoms with Crippen LogP contribution in [0.3, 0.4) is 0 Å². The summed E-state index contributed by atoms with van der Waals surface area (Å²) in [7, 11) is 0. The van der Waals surface area contributed by atoms with Gasteiger partial charge in [0.1, 0.15) is 17.9 Å². The Morgan fingerprint density at radius 1 is 1.03 bits per heavy atom. The Bertz CT molecular complexity index is 1470. The van der Waals surface area contributed by atoms with E-state index in [1.807, 2.05) is 67.6 Å². The zero-order valence-corrected chi connectivity index (χ0v) is 21.0. The highest BCUT2D eigenvalue weighted by atomic mass is 35.5. The fourth-order valence-corrected chi connectivity index (χ4v) is 3.63. The van der Waals surface area contributed by atoms with Gasteiger partial charge in [0.25, 0.3) is 11.5 Å². The van der Waals surface area contributed by atoms with Gasteiger partial charge in [-0.05, 0) is 54.4 Å². The van der Waals surface area contributed by atoms with Gasteiger partial charge in [-0.2, -0.15) is 0 Å². The van der Waals surface area contributed by atoms with Gasteiger partial charge in [-0.15, -0.1) is 6.42 Å². The second kappa shape index (κ2) is 11.9. The smallest absolute Gasteiger partial charge is 0.268 e. The van der Waals surface area contributed by atoms with Gasteiger partial charge in [0.2, 0.25) is 5.95 Å². The van der Waals surface area contributed by atoms with Gasteiger partial charge in [0, 0.05) is 16.9 Å². The Morgan fingerprint density at radius 2 is 1.70 bits per heavy atom. The summed E-state index contributed by atoms with van der Waals surface area (Å²) in [6.07, 6.45) is 6.46. The molecule has 1 amide bonds. The van der Waals surface area contributed by atoms with Gasteiger partial charge < -0.3 is 15.4 Å². The minimum atomic E-state index is -0.582. The maximum Gasteiger partial charge on any atom is 0.268 e. The number of benzene rings is 3. The van der Waals surface area contributed by atoms with E-state index in [1.165, 1.54) is 16.3 Å². The van der Waals surface area contributed by atoms with Crippen LogP contribution in [0, 0.1) is 19.3 Å². The van der Waals surface area contributed by atoms with Crippen LogP contribution in [0.1, 0.15) is 27.0 Å². The molecule has 0 atom stereocenters. The number of halogens is 1. The van der Waals surface area contributed by atoms with Gasteiger partial charge in [0.05, 0.1) is 13.1 Å². The monoisotopic (exact) mass is 512 g/mol. The standard InChI is InChI=1S/C29H25ClN4O3/c1-3-16-31-27(35)26-17-32-29(34(28(26)36)18-21-8-10-23(30)11-9-21)33-24-12-14-25(15-13-24)37-19-22-6-4-20(2)5-7-22/h1,4-15,17H,16,18-19H2,2H3,(H,31,35)(H,32,33). The third-order valence-corrected chi connectivity index (χ3v) is 5.79. The summed E-state index contributed by atoms with van der Waals surface area (Å²) in [5, 5.41) is 6.26. The number of ether oxygens (including phenoxy) is 1. The average molecular weight is 513 g/mol. The van der Waals surface area contributed by atoms with Gasteiger partial charge in [-0.25, -0.2) is 4.98 Å². The molecular formula is C29H25ClN4O3. The van der Waals surface area contributed by atoms with Gasteiger partial charge >= 0.3 is 0 Å². The van der Waals surface area contributed by atoms with Crippen molar-refractivity contribution in [2.24, 2.45) is 0 Å². The Morgan fingerprint density at radius 3 is 2.38 bits per heavy atom. The third-order valence-electron chi connectivity index (χ3n) is 5.53. The lowest BCUT2D eigenvalue weighted by molar-refractivity contribution is 0.0956. The molecule has 186 valence electrons. The van der Waals surface area contributed by atoms with Crippen molar-refractivity contribution in [2.75, 3.05) is 11.9 Å². The summed E-state index contributed by atoms with van der Waals surface area (Å²) in [6, 6.07) is 22.6. The van der Waals surface area contributed by atoms with Crippen LogP contribution in [0.15, 0.2) is 83.8 Å². The van der Waals surface area contributed by atoms with E-state index < -0.39 is 11.5 Å². The SMILES string of the molecule is C#CCNC(=O)c1cnc(Nc2ccc(OCc3ccc(C)cc3)cc2)n(Cc2ccc(Cl)cc2)c1=O. The number of amides is 1. The highest BCUT2D eigenvalue weighted by Gasteiger charge is 2.17. The average Bonchev–Trinajstić information content (AvgIpc) is 2.91. The fourth-order valence-electron chi connectivity index (χ4n) is 3.51. The molecule has 0 bridgehead atoms. The molecule has 2 N–H and O–H groups in total. The first-order valence-corrected chi connectivity index (χ1v) is 11.9. The van der Waals surface area contributed by atoms with E-state index in [9.17, 15) is 9.59 Å². The predicted molar refractivity (Wildman–Crippen MR) is 145 cm³/mol. The molecule has 8 heteroatoms. The minimum absolute atomic E-state index is 0.00773. The van der Waals surface area contributed by atoms with Crippen molar-refractivity contribution in [1.29, 1.82) is 0 Å². The lowest BCUT2D eigenvalue weighted by Gasteiger charge is -2.15. The largest absolute Gasteiger partial charge is 0.489 e. The maximum absolute atomic E-state index is 13.3. The lowest BCUT2D eigenvalue weighted by Crippen LogP contribution is -2.34. The van der Waals surface area contributed by atoms with Crippen LogP contribution in [-0.2, 0) is 13.2 Å². The molecule has 4 aromatic rings. The van der Waals surface area contributed by atoms with Crippen molar-refractivity contribution < 1.29 is 9.53 Å². The summed E-state index contributed by atoms with van der Waals surface area (Å²) < 4.78 is 7.27. The molecule has 37 heavy (non-hydrogen) atoms. The van der Waals surface area contributed by atoms with Crippen molar-refractivity contribution in [2.45, 2.75) is 20.1 Å². The topological polar surface area (TPSA) is 85.2 Å². The molecule has 3 aromatic carbocycles. The zero-order chi connectivity index (χ0) is 26.2. The Kier molecular flexibility index (Phi) is 8.24. The molecule has 0 unspecified atom stereocenters. The highest BCUT2D eigenvalue weighted by molar-refractivity contribution is 6.30. The molecule has 1 heterocycles. The lowest BCUT2D eigenvalue weighted by atomic mass is 10.2. The van der Waals surface area contributed by atoms with E-state index in [2.05, 4.69) is 21.5 Å². The number of hydrogen-bond donors (Lipinski definition) is 2. The number of terminal acetylenes is 1. The number of carbonyl (C=O) groups is 1. The maximum atomic E-state index is 13.3. The molecule has 0 fully saturated rings. The Balaban J connectivity index is 1.55.